The fraction of sp³-hybridized carbons (Fsp3) is 0.562. The van der Waals surface area contributed by atoms with Crippen molar-refractivity contribution >= 4 is 5.97 Å². The average molecular weight is 263 g/mol. The minimum absolute atomic E-state index is 0.0805. The van der Waals surface area contributed by atoms with Gasteiger partial charge in [-0.1, -0.05) is 38.1 Å². The first kappa shape index (κ1) is 15.7. The minimum atomic E-state index is -0.707. The van der Waals surface area contributed by atoms with Gasteiger partial charge in [0.15, 0.2) is 0 Å². The first-order valence-corrected chi connectivity index (χ1v) is 6.88. The Kier molecular flexibility index (Phi) is 6.03. The summed E-state index contributed by atoms with van der Waals surface area (Å²) in [7, 11) is 0. The van der Waals surface area contributed by atoms with Crippen LogP contribution in [0.25, 0.3) is 0 Å². The molecule has 0 amide bonds. The third kappa shape index (κ3) is 6.39. The molecule has 0 atom stereocenters. The molecule has 1 aromatic carbocycles. The molecule has 0 aromatic heterocycles. The van der Waals surface area contributed by atoms with Gasteiger partial charge in [-0.2, -0.15) is 0 Å². The van der Waals surface area contributed by atoms with Gasteiger partial charge in [0.2, 0.25) is 0 Å². The molecule has 0 spiro atoms. The third-order valence-electron chi connectivity index (χ3n) is 3.57. The number of aryl methyl sites for hydroxylation is 1. The van der Waals surface area contributed by atoms with Gasteiger partial charge in [0.25, 0.3) is 0 Å². The van der Waals surface area contributed by atoms with E-state index in [-0.39, 0.29) is 11.8 Å². The largest absolute Gasteiger partial charge is 0.481 e. The van der Waals surface area contributed by atoms with Crippen molar-refractivity contribution < 1.29 is 9.90 Å². The fourth-order valence-electron chi connectivity index (χ4n) is 2.03. The molecule has 0 fully saturated rings. The van der Waals surface area contributed by atoms with Crippen LogP contribution in [0.4, 0.5) is 0 Å². The van der Waals surface area contributed by atoms with E-state index in [2.05, 4.69) is 44.3 Å². The lowest BCUT2D eigenvalue weighted by atomic mass is 9.84. The predicted molar refractivity (Wildman–Crippen MR) is 78.2 cm³/mol. The molecule has 0 aliphatic carbocycles. The molecule has 0 radical (unpaired) electrons. The van der Waals surface area contributed by atoms with Crippen LogP contribution in [0.2, 0.25) is 0 Å². The van der Waals surface area contributed by atoms with E-state index in [0.29, 0.717) is 0 Å². The Balaban J connectivity index is 2.27. The van der Waals surface area contributed by atoms with Crippen LogP contribution in [0.15, 0.2) is 24.3 Å². The van der Waals surface area contributed by atoms with Gasteiger partial charge in [0, 0.05) is 13.0 Å². The van der Waals surface area contributed by atoms with E-state index in [1.54, 1.807) is 0 Å². The molecular formula is C16H25NO2. The van der Waals surface area contributed by atoms with E-state index >= 15 is 0 Å². The number of carboxylic acids is 1. The number of rotatable bonds is 8. The molecule has 19 heavy (non-hydrogen) atoms. The summed E-state index contributed by atoms with van der Waals surface area (Å²) in [6.07, 6.45) is 1.98. The Morgan fingerprint density at radius 1 is 1.26 bits per heavy atom. The van der Waals surface area contributed by atoms with E-state index in [1.807, 2.05) is 6.07 Å². The highest BCUT2D eigenvalue weighted by molar-refractivity contribution is 5.66. The summed E-state index contributed by atoms with van der Waals surface area (Å²) >= 11 is 0. The lowest BCUT2D eigenvalue weighted by molar-refractivity contribution is -0.137. The van der Waals surface area contributed by atoms with Gasteiger partial charge in [0.05, 0.1) is 0 Å². The van der Waals surface area contributed by atoms with Crippen LogP contribution in [0, 0.1) is 12.3 Å². The number of nitrogens with one attached hydrogen (secondary N) is 1. The first-order valence-electron chi connectivity index (χ1n) is 6.88. The second-order valence-corrected chi connectivity index (χ2v) is 5.91. The summed E-state index contributed by atoms with van der Waals surface area (Å²) in [5.74, 6) is -0.707. The second kappa shape index (κ2) is 7.29. The van der Waals surface area contributed by atoms with Crippen LogP contribution in [0.3, 0.4) is 0 Å². The van der Waals surface area contributed by atoms with Crippen molar-refractivity contribution in [2.45, 2.75) is 46.6 Å². The SMILES string of the molecule is Cc1ccccc1CNCCC(C)(C)CCC(=O)O. The molecule has 0 unspecified atom stereocenters. The zero-order valence-electron chi connectivity index (χ0n) is 12.2. The topological polar surface area (TPSA) is 49.3 Å². The molecule has 3 nitrogen and oxygen atoms in total. The molecule has 0 aliphatic rings. The summed E-state index contributed by atoms with van der Waals surface area (Å²) in [5.41, 5.74) is 2.71. The third-order valence-corrected chi connectivity index (χ3v) is 3.57. The van der Waals surface area contributed by atoms with E-state index < -0.39 is 5.97 Å². The number of aliphatic carboxylic acids is 1. The highest BCUT2D eigenvalue weighted by atomic mass is 16.4. The maximum atomic E-state index is 10.6. The summed E-state index contributed by atoms with van der Waals surface area (Å²) in [6, 6.07) is 8.36. The highest BCUT2D eigenvalue weighted by Gasteiger charge is 2.18. The van der Waals surface area contributed by atoms with Crippen LogP contribution < -0.4 is 5.32 Å². The van der Waals surface area contributed by atoms with Crippen LogP contribution in [0.1, 0.15) is 44.2 Å². The molecule has 1 aromatic rings. The van der Waals surface area contributed by atoms with Crippen LogP contribution >= 0.6 is 0 Å². The quantitative estimate of drug-likeness (QED) is 0.707. The van der Waals surface area contributed by atoms with E-state index in [4.69, 9.17) is 5.11 Å². The monoisotopic (exact) mass is 263 g/mol. The van der Waals surface area contributed by atoms with Crippen molar-refractivity contribution in [3.63, 3.8) is 0 Å². The van der Waals surface area contributed by atoms with Gasteiger partial charge < -0.3 is 10.4 Å². The molecular weight excluding hydrogens is 238 g/mol. The van der Waals surface area contributed by atoms with Crippen LogP contribution in [-0.4, -0.2) is 17.6 Å². The second-order valence-electron chi connectivity index (χ2n) is 5.91. The van der Waals surface area contributed by atoms with Gasteiger partial charge in [0.1, 0.15) is 0 Å². The van der Waals surface area contributed by atoms with E-state index in [0.717, 1.165) is 25.9 Å². The van der Waals surface area contributed by atoms with Gasteiger partial charge in [-0.05, 0) is 42.9 Å². The molecule has 0 aliphatic heterocycles. The lowest BCUT2D eigenvalue weighted by Gasteiger charge is -2.24. The van der Waals surface area contributed by atoms with Gasteiger partial charge >= 0.3 is 5.97 Å². The van der Waals surface area contributed by atoms with Crippen molar-refractivity contribution in [3.05, 3.63) is 35.4 Å². The maximum Gasteiger partial charge on any atom is 0.303 e. The summed E-state index contributed by atoms with van der Waals surface area (Å²) < 4.78 is 0. The smallest absolute Gasteiger partial charge is 0.303 e. The number of carbonyl (C=O) groups is 1. The van der Waals surface area contributed by atoms with Gasteiger partial charge in [-0.15, -0.1) is 0 Å². The Morgan fingerprint density at radius 3 is 2.58 bits per heavy atom. The fourth-order valence-corrected chi connectivity index (χ4v) is 2.03. The van der Waals surface area contributed by atoms with E-state index in [9.17, 15) is 4.79 Å². The Hall–Kier alpha value is -1.35. The van der Waals surface area contributed by atoms with Crippen LogP contribution in [-0.2, 0) is 11.3 Å². The maximum absolute atomic E-state index is 10.6. The summed E-state index contributed by atoms with van der Waals surface area (Å²) in [4.78, 5) is 10.6. The Bertz CT molecular complexity index is 413. The average Bonchev–Trinajstić information content (AvgIpc) is 2.34. The van der Waals surface area contributed by atoms with Gasteiger partial charge in [-0.25, -0.2) is 0 Å². The zero-order valence-corrected chi connectivity index (χ0v) is 12.2. The molecule has 0 bridgehead atoms. The molecule has 3 heteroatoms. The van der Waals surface area contributed by atoms with Crippen molar-refractivity contribution in [3.8, 4) is 0 Å². The lowest BCUT2D eigenvalue weighted by Crippen LogP contribution is -2.23. The van der Waals surface area contributed by atoms with Crippen LogP contribution in [0.5, 0.6) is 0 Å². The molecule has 0 heterocycles. The normalized spacial score (nSPS) is 11.5. The van der Waals surface area contributed by atoms with Crippen molar-refractivity contribution in [1.29, 1.82) is 0 Å². The zero-order chi connectivity index (χ0) is 14.3. The molecule has 2 N–H and O–H groups in total. The summed E-state index contributed by atoms with van der Waals surface area (Å²) in [6.45, 7) is 8.17. The van der Waals surface area contributed by atoms with Crippen molar-refractivity contribution in [1.82, 2.24) is 5.32 Å². The molecule has 0 saturated carbocycles. The Morgan fingerprint density at radius 2 is 1.95 bits per heavy atom. The molecule has 106 valence electrons. The number of hydrogen-bond donors (Lipinski definition) is 2. The van der Waals surface area contributed by atoms with Crippen molar-refractivity contribution in [2.75, 3.05) is 6.54 Å². The Labute approximate surface area is 116 Å². The standard InChI is InChI=1S/C16H25NO2/c1-13-6-4-5-7-14(13)12-17-11-10-16(2,3)9-8-15(18)19/h4-7,17H,8-12H2,1-3H3,(H,18,19). The first-order chi connectivity index (χ1) is 8.91. The predicted octanol–water partition coefficient (Wildman–Crippen LogP) is 3.37. The number of carboxylic acid groups (broad SMARTS) is 1. The van der Waals surface area contributed by atoms with E-state index in [1.165, 1.54) is 11.1 Å². The van der Waals surface area contributed by atoms with Gasteiger partial charge in [-0.3, -0.25) is 4.79 Å². The van der Waals surface area contributed by atoms with Crippen molar-refractivity contribution in [2.24, 2.45) is 5.41 Å². The molecule has 1 rings (SSSR count). The number of hydrogen-bond acceptors (Lipinski definition) is 2. The highest BCUT2D eigenvalue weighted by Crippen LogP contribution is 2.26. The summed E-state index contributed by atoms with van der Waals surface area (Å²) in [5, 5.41) is 12.2. The molecule has 0 saturated heterocycles. The minimum Gasteiger partial charge on any atom is -0.481 e. The number of benzene rings is 1.